The Bertz CT molecular complexity index is 716. The van der Waals surface area contributed by atoms with Crippen LogP contribution >= 0.6 is 15.9 Å². The standard InChI is InChI=1S/C19H20BrNO4/c1-2-14-4-3-5-17(12-14)24-10-11-25-18(22)13-21-19(23)15-6-8-16(20)9-7-15/h3-9,12H,2,10-11,13H2,1H3,(H,21,23). The van der Waals surface area contributed by atoms with Gasteiger partial charge in [-0.2, -0.15) is 0 Å². The van der Waals surface area contributed by atoms with Gasteiger partial charge in [0.25, 0.3) is 5.91 Å². The lowest BCUT2D eigenvalue weighted by atomic mass is 10.2. The van der Waals surface area contributed by atoms with Crippen LogP contribution < -0.4 is 10.1 Å². The van der Waals surface area contributed by atoms with Crippen LogP contribution in [0, 0.1) is 0 Å². The molecule has 0 aromatic heterocycles. The number of benzene rings is 2. The molecule has 0 atom stereocenters. The van der Waals surface area contributed by atoms with Crippen molar-refractivity contribution in [3.8, 4) is 5.75 Å². The zero-order valence-electron chi connectivity index (χ0n) is 14.0. The van der Waals surface area contributed by atoms with E-state index >= 15 is 0 Å². The number of ether oxygens (including phenoxy) is 2. The number of carbonyl (C=O) groups excluding carboxylic acids is 2. The summed E-state index contributed by atoms with van der Waals surface area (Å²) in [5.74, 6) is -0.0765. The van der Waals surface area contributed by atoms with Gasteiger partial charge in [0, 0.05) is 10.0 Å². The van der Waals surface area contributed by atoms with E-state index in [1.54, 1.807) is 24.3 Å². The van der Waals surface area contributed by atoms with Crippen molar-refractivity contribution in [2.24, 2.45) is 0 Å². The molecule has 0 aliphatic rings. The lowest BCUT2D eigenvalue weighted by Gasteiger charge is -2.09. The second-order valence-corrected chi connectivity index (χ2v) is 6.18. The molecule has 0 saturated carbocycles. The minimum absolute atomic E-state index is 0.128. The highest BCUT2D eigenvalue weighted by Gasteiger charge is 2.08. The third-order valence-corrected chi connectivity index (χ3v) is 3.95. The lowest BCUT2D eigenvalue weighted by molar-refractivity contribution is -0.143. The number of amides is 1. The van der Waals surface area contributed by atoms with Crippen LogP contribution in [0.5, 0.6) is 5.75 Å². The number of halogens is 1. The third-order valence-electron chi connectivity index (χ3n) is 3.42. The molecule has 0 aliphatic heterocycles. The van der Waals surface area contributed by atoms with E-state index in [1.807, 2.05) is 24.3 Å². The monoisotopic (exact) mass is 405 g/mol. The van der Waals surface area contributed by atoms with Gasteiger partial charge in [0.1, 0.15) is 25.5 Å². The Morgan fingerprint density at radius 1 is 1.08 bits per heavy atom. The molecule has 0 fully saturated rings. The molecule has 2 aromatic carbocycles. The van der Waals surface area contributed by atoms with E-state index in [2.05, 4.69) is 28.2 Å². The molecular weight excluding hydrogens is 386 g/mol. The number of carbonyl (C=O) groups is 2. The summed E-state index contributed by atoms with van der Waals surface area (Å²) in [7, 11) is 0. The van der Waals surface area contributed by atoms with E-state index < -0.39 is 5.97 Å². The molecule has 0 bridgehead atoms. The molecule has 0 aliphatic carbocycles. The minimum Gasteiger partial charge on any atom is -0.490 e. The van der Waals surface area contributed by atoms with Crippen LogP contribution in [0.15, 0.2) is 53.0 Å². The van der Waals surface area contributed by atoms with Gasteiger partial charge in [0.2, 0.25) is 0 Å². The van der Waals surface area contributed by atoms with Gasteiger partial charge in [-0.15, -0.1) is 0 Å². The molecule has 2 aromatic rings. The van der Waals surface area contributed by atoms with Gasteiger partial charge in [-0.05, 0) is 48.4 Å². The van der Waals surface area contributed by atoms with E-state index in [4.69, 9.17) is 9.47 Å². The molecular formula is C19H20BrNO4. The van der Waals surface area contributed by atoms with Gasteiger partial charge in [-0.1, -0.05) is 35.0 Å². The zero-order valence-corrected chi connectivity index (χ0v) is 15.5. The number of rotatable bonds is 8. The number of nitrogens with one attached hydrogen (secondary N) is 1. The van der Waals surface area contributed by atoms with Crippen molar-refractivity contribution in [2.45, 2.75) is 13.3 Å². The molecule has 0 unspecified atom stereocenters. The van der Waals surface area contributed by atoms with Gasteiger partial charge in [0.05, 0.1) is 0 Å². The van der Waals surface area contributed by atoms with Crippen molar-refractivity contribution in [2.75, 3.05) is 19.8 Å². The predicted molar refractivity (Wildman–Crippen MR) is 98.7 cm³/mol. The van der Waals surface area contributed by atoms with Gasteiger partial charge >= 0.3 is 5.97 Å². The van der Waals surface area contributed by atoms with Crippen LogP contribution in [-0.4, -0.2) is 31.6 Å². The maximum Gasteiger partial charge on any atom is 0.325 e. The Morgan fingerprint density at radius 3 is 2.56 bits per heavy atom. The first kappa shape index (κ1) is 19.0. The van der Waals surface area contributed by atoms with E-state index in [-0.39, 0.29) is 25.7 Å². The third kappa shape index (κ3) is 6.58. The largest absolute Gasteiger partial charge is 0.490 e. The normalized spacial score (nSPS) is 10.2. The average Bonchev–Trinajstić information content (AvgIpc) is 2.64. The summed E-state index contributed by atoms with van der Waals surface area (Å²) in [5, 5.41) is 2.52. The molecule has 0 spiro atoms. The Kier molecular flexibility index (Phi) is 7.47. The Labute approximate surface area is 155 Å². The van der Waals surface area contributed by atoms with Crippen LogP contribution in [0.3, 0.4) is 0 Å². The minimum atomic E-state index is -0.503. The number of hydrogen-bond donors (Lipinski definition) is 1. The number of aryl methyl sites for hydroxylation is 1. The molecule has 2 rings (SSSR count). The number of hydrogen-bond acceptors (Lipinski definition) is 4. The van der Waals surface area contributed by atoms with Gasteiger partial charge in [-0.25, -0.2) is 0 Å². The number of esters is 1. The Balaban J connectivity index is 1.65. The van der Waals surface area contributed by atoms with Crippen molar-refractivity contribution >= 4 is 27.8 Å². The smallest absolute Gasteiger partial charge is 0.325 e. The summed E-state index contributed by atoms with van der Waals surface area (Å²) >= 11 is 3.30. The SMILES string of the molecule is CCc1cccc(OCCOC(=O)CNC(=O)c2ccc(Br)cc2)c1. The second kappa shape index (κ2) is 9.84. The Hall–Kier alpha value is -2.34. The summed E-state index contributed by atoms with van der Waals surface area (Å²) in [6, 6.07) is 14.6. The zero-order chi connectivity index (χ0) is 18.1. The van der Waals surface area contributed by atoms with Crippen LogP contribution in [-0.2, 0) is 16.0 Å². The van der Waals surface area contributed by atoms with E-state index in [0.717, 1.165) is 16.6 Å². The van der Waals surface area contributed by atoms with E-state index in [9.17, 15) is 9.59 Å². The van der Waals surface area contributed by atoms with Crippen molar-refractivity contribution < 1.29 is 19.1 Å². The lowest BCUT2D eigenvalue weighted by Crippen LogP contribution is -2.31. The molecule has 1 amide bonds. The fourth-order valence-electron chi connectivity index (χ4n) is 2.08. The molecule has 0 saturated heterocycles. The van der Waals surface area contributed by atoms with Crippen molar-refractivity contribution in [3.63, 3.8) is 0 Å². The van der Waals surface area contributed by atoms with Crippen LogP contribution in [0.4, 0.5) is 0 Å². The van der Waals surface area contributed by atoms with E-state index in [0.29, 0.717) is 5.56 Å². The van der Waals surface area contributed by atoms with Gasteiger partial charge < -0.3 is 14.8 Å². The van der Waals surface area contributed by atoms with Gasteiger partial charge in [0.15, 0.2) is 0 Å². The molecule has 6 heteroatoms. The summed E-state index contributed by atoms with van der Waals surface area (Å²) in [4.78, 5) is 23.5. The fraction of sp³-hybridized carbons (Fsp3) is 0.263. The predicted octanol–water partition coefficient (Wildman–Crippen LogP) is 3.36. The first-order valence-corrected chi connectivity index (χ1v) is 8.79. The molecule has 1 N–H and O–H groups in total. The van der Waals surface area contributed by atoms with Crippen LogP contribution in [0.25, 0.3) is 0 Å². The molecule has 132 valence electrons. The molecule has 25 heavy (non-hydrogen) atoms. The maximum absolute atomic E-state index is 11.9. The van der Waals surface area contributed by atoms with Crippen molar-refractivity contribution in [1.29, 1.82) is 0 Å². The summed E-state index contributed by atoms with van der Waals surface area (Å²) in [6.07, 6.45) is 0.935. The quantitative estimate of drug-likeness (QED) is 0.540. The fourth-order valence-corrected chi connectivity index (χ4v) is 2.34. The maximum atomic E-state index is 11.9. The summed E-state index contributed by atoms with van der Waals surface area (Å²) in [5.41, 5.74) is 1.67. The van der Waals surface area contributed by atoms with Gasteiger partial charge in [-0.3, -0.25) is 9.59 Å². The summed E-state index contributed by atoms with van der Waals surface area (Å²) < 4.78 is 11.5. The second-order valence-electron chi connectivity index (χ2n) is 5.26. The average molecular weight is 406 g/mol. The first-order valence-electron chi connectivity index (χ1n) is 7.99. The van der Waals surface area contributed by atoms with E-state index in [1.165, 1.54) is 5.56 Å². The molecule has 0 heterocycles. The topological polar surface area (TPSA) is 64.6 Å². The molecule has 5 nitrogen and oxygen atoms in total. The van der Waals surface area contributed by atoms with Crippen LogP contribution in [0.2, 0.25) is 0 Å². The molecule has 0 radical (unpaired) electrons. The summed E-state index contributed by atoms with van der Waals surface area (Å²) in [6.45, 7) is 2.28. The highest BCUT2D eigenvalue weighted by Crippen LogP contribution is 2.13. The van der Waals surface area contributed by atoms with Crippen molar-refractivity contribution in [3.05, 3.63) is 64.1 Å². The van der Waals surface area contributed by atoms with Crippen LogP contribution in [0.1, 0.15) is 22.8 Å². The van der Waals surface area contributed by atoms with Crippen molar-refractivity contribution in [1.82, 2.24) is 5.32 Å². The Morgan fingerprint density at radius 2 is 1.84 bits per heavy atom. The first-order chi connectivity index (χ1) is 12.1. The highest BCUT2D eigenvalue weighted by molar-refractivity contribution is 9.10. The highest BCUT2D eigenvalue weighted by atomic mass is 79.9.